The highest BCUT2D eigenvalue weighted by Crippen LogP contribution is 2.48. The summed E-state index contributed by atoms with van der Waals surface area (Å²) in [5.74, 6) is -0.748. The molecule has 134 valence electrons. The van der Waals surface area contributed by atoms with E-state index in [4.69, 9.17) is 0 Å². The number of carbonyl (C=O) groups is 1. The Balaban J connectivity index is 1.75. The van der Waals surface area contributed by atoms with Crippen molar-refractivity contribution in [3.05, 3.63) is 82.7 Å². The highest BCUT2D eigenvalue weighted by molar-refractivity contribution is 7.99. The monoisotopic (exact) mass is 381 g/mol. The molecule has 3 aromatic carbocycles. The van der Waals surface area contributed by atoms with Crippen LogP contribution in [0.3, 0.4) is 0 Å². The molecule has 0 aromatic heterocycles. The Hall–Kier alpha value is -3.39. The Morgan fingerprint density at radius 2 is 1.59 bits per heavy atom. The summed E-state index contributed by atoms with van der Waals surface area (Å²) in [5.41, 5.74) is 0.762. The van der Waals surface area contributed by atoms with Crippen LogP contribution in [-0.2, 0) is 0 Å². The van der Waals surface area contributed by atoms with Crippen LogP contribution in [0.5, 0.6) is 0 Å². The second-order valence-corrected chi connectivity index (χ2v) is 6.81. The summed E-state index contributed by atoms with van der Waals surface area (Å²) < 4.78 is 14.1. The van der Waals surface area contributed by atoms with Crippen LogP contribution >= 0.6 is 11.8 Å². The van der Waals surface area contributed by atoms with Gasteiger partial charge in [0, 0.05) is 21.9 Å². The maximum Gasteiger partial charge on any atom is 0.331 e. The molecule has 4 rings (SSSR count). The molecule has 1 aliphatic rings. The van der Waals surface area contributed by atoms with Gasteiger partial charge in [-0.3, -0.25) is 15.0 Å². The van der Waals surface area contributed by atoms with Crippen molar-refractivity contribution in [1.82, 2.24) is 0 Å². The molecule has 0 radical (unpaired) electrons. The number of carbonyl (C=O) groups excluding carboxylic acids is 1. The van der Waals surface area contributed by atoms with E-state index in [9.17, 15) is 19.3 Å². The van der Waals surface area contributed by atoms with Gasteiger partial charge < -0.3 is 5.32 Å². The number of nitrogens with zero attached hydrogens (tertiary/aromatic N) is 2. The van der Waals surface area contributed by atoms with Crippen LogP contribution in [0.4, 0.5) is 31.9 Å². The van der Waals surface area contributed by atoms with E-state index in [1.165, 1.54) is 16.7 Å². The van der Waals surface area contributed by atoms with Crippen molar-refractivity contribution in [2.24, 2.45) is 0 Å². The quantitative estimate of drug-likeness (QED) is 0.465. The molecule has 8 heteroatoms. The van der Waals surface area contributed by atoms with Crippen LogP contribution in [0.25, 0.3) is 0 Å². The lowest BCUT2D eigenvalue weighted by Gasteiger charge is -2.31. The Morgan fingerprint density at radius 1 is 1.00 bits per heavy atom. The maximum atomic E-state index is 14.1. The molecule has 0 aliphatic carbocycles. The van der Waals surface area contributed by atoms with Crippen LogP contribution in [-0.4, -0.2) is 11.0 Å². The number of benzene rings is 3. The zero-order valence-corrected chi connectivity index (χ0v) is 14.6. The smallest absolute Gasteiger partial charge is 0.304 e. The number of nitro groups is 1. The molecular formula is C19H12FN3O3S. The molecule has 0 bridgehead atoms. The molecule has 0 unspecified atom stereocenters. The van der Waals surface area contributed by atoms with Crippen molar-refractivity contribution in [1.29, 1.82) is 0 Å². The number of urea groups is 1. The van der Waals surface area contributed by atoms with Gasteiger partial charge in [-0.05, 0) is 30.3 Å². The van der Waals surface area contributed by atoms with E-state index in [1.807, 2.05) is 36.4 Å². The van der Waals surface area contributed by atoms with Gasteiger partial charge in [0.15, 0.2) is 0 Å². The number of hydrogen-bond donors (Lipinski definition) is 1. The van der Waals surface area contributed by atoms with Gasteiger partial charge in [0.25, 0.3) is 5.69 Å². The first-order valence-electron chi connectivity index (χ1n) is 7.95. The summed E-state index contributed by atoms with van der Waals surface area (Å²) in [4.78, 5) is 26.5. The van der Waals surface area contributed by atoms with Crippen molar-refractivity contribution in [2.45, 2.75) is 9.79 Å². The molecule has 1 aliphatic heterocycles. The van der Waals surface area contributed by atoms with Gasteiger partial charge in [0.2, 0.25) is 0 Å². The van der Waals surface area contributed by atoms with Gasteiger partial charge in [0.05, 0.1) is 22.0 Å². The fourth-order valence-electron chi connectivity index (χ4n) is 2.82. The van der Waals surface area contributed by atoms with E-state index in [1.54, 1.807) is 12.1 Å². The first kappa shape index (κ1) is 17.0. The summed E-state index contributed by atoms with van der Waals surface area (Å²) in [6, 6.07) is 17.1. The number of non-ortho nitro benzene ring substituents is 1. The van der Waals surface area contributed by atoms with Crippen LogP contribution < -0.4 is 10.2 Å². The Labute approximate surface area is 157 Å². The van der Waals surface area contributed by atoms with E-state index in [-0.39, 0.29) is 11.4 Å². The van der Waals surface area contributed by atoms with E-state index in [2.05, 4.69) is 5.32 Å². The topological polar surface area (TPSA) is 75.5 Å². The zero-order valence-electron chi connectivity index (χ0n) is 13.8. The predicted octanol–water partition coefficient (Wildman–Crippen LogP) is 5.57. The minimum Gasteiger partial charge on any atom is -0.304 e. The summed E-state index contributed by atoms with van der Waals surface area (Å²) >= 11 is 1.53. The average Bonchev–Trinajstić information content (AvgIpc) is 2.67. The molecule has 1 N–H and O–H groups in total. The number of fused-ring (bicyclic) bond motifs is 2. The Bertz CT molecular complexity index is 1030. The number of anilines is 3. The molecule has 0 saturated carbocycles. The summed E-state index contributed by atoms with van der Waals surface area (Å²) in [6.07, 6.45) is 0. The van der Waals surface area contributed by atoms with Gasteiger partial charge in [-0.15, -0.1) is 0 Å². The summed E-state index contributed by atoms with van der Waals surface area (Å²) in [5, 5.41) is 13.4. The van der Waals surface area contributed by atoms with Crippen LogP contribution in [0.2, 0.25) is 0 Å². The Morgan fingerprint density at radius 3 is 2.19 bits per heavy atom. The highest BCUT2D eigenvalue weighted by Gasteiger charge is 2.28. The second-order valence-electron chi connectivity index (χ2n) is 5.72. The number of nitro benzene ring substituents is 1. The van der Waals surface area contributed by atoms with Crippen LogP contribution in [0, 0.1) is 15.9 Å². The third-order valence-electron chi connectivity index (χ3n) is 4.04. The molecule has 6 nitrogen and oxygen atoms in total. The number of para-hydroxylation sites is 2. The summed E-state index contributed by atoms with van der Waals surface area (Å²) in [6.45, 7) is 0. The van der Waals surface area contributed by atoms with Crippen LogP contribution in [0.1, 0.15) is 0 Å². The Kier molecular flexibility index (Phi) is 4.25. The third-order valence-corrected chi connectivity index (χ3v) is 5.17. The predicted molar refractivity (Wildman–Crippen MR) is 101 cm³/mol. The fourth-order valence-corrected chi connectivity index (χ4v) is 3.88. The van der Waals surface area contributed by atoms with Gasteiger partial charge in [-0.1, -0.05) is 36.0 Å². The van der Waals surface area contributed by atoms with Crippen molar-refractivity contribution in [3.63, 3.8) is 0 Å². The second kappa shape index (κ2) is 6.73. The van der Waals surface area contributed by atoms with Crippen molar-refractivity contribution >= 4 is 40.5 Å². The SMILES string of the molecule is O=C(Nc1cc([N+](=O)[O-])ccc1F)N1c2ccccc2Sc2ccccc21. The molecule has 0 saturated heterocycles. The van der Waals surface area contributed by atoms with Gasteiger partial charge in [-0.25, -0.2) is 9.18 Å². The first-order chi connectivity index (χ1) is 13.0. The van der Waals surface area contributed by atoms with E-state index < -0.39 is 16.8 Å². The molecular weight excluding hydrogens is 369 g/mol. The lowest BCUT2D eigenvalue weighted by molar-refractivity contribution is -0.384. The molecule has 27 heavy (non-hydrogen) atoms. The highest BCUT2D eigenvalue weighted by atomic mass is 32.2. The number of amides is 2. The third kappa shape index (κ3) is 3.11. The van der Waals surface area contributed by atoms with Crippen LogP contribution in [0.15, 0.2) is 76.5 Å². The molecule has 2 amide bonds. The lowest BCUT2D eigenvalue weighted by atomic mass is 10.2. The largest absolute Gasteiger partial charge is 0.331 e. The standard InChI is InChI=1S/C19H12FN3O3S/c20-13-10-9-12(23(25)26)11-14(13)21-19(24)22-15-5-1-3-7-17(15)27-18-8-4-2-6-16(18)22/h1-11H,(H,21,24). The van der Waals surface area contributed by atoms with Crippen molar-refractivity contribution < 1.29 is 14.1 Å². The zero-order chi connectivity index (χ0) is 19.0. The number of nitrogens with one attached hydrogen (secondary N) is 1. The minimum atomic E-state index is -0.748. The minimum absolute atomic E-state index is 0.248. The van der Waals surface area contributed by atoms with Gasteiger partial charge in [-0.2, -0.15) is 0 Å². The number of rotatable bonds is 2. The first-order valence-corrected chi connectivity index (χ1v) is 8.77. The van der Waals surface area contributed by atoms with E-state index in [0.29, 0.717) is 11.4 Å². The van der Waals surface area contributed by atoms with Crippen molar-refractivity contribution in [3.8, 4) is 0 Å². The lowest BCUT2D eigenvalue weighted by Crippen LogP contribution is -2.33. The normalized spacial score (nSPS) is 12.1. The average molecular weight is 381 g/mol. The number of halogens is 1. The molecule has 3 aromatic rings. The molecule has 0 atom stereocenters. The molecule has 0 spiro atoms. The fraction of sp³-hybridized carbons (Fsp3) is 0. The maximum absolute atomic E-state index is 14.1. The van der Waals surface area contributed by atoms with E-state index >= 15 is 0 Å². The summed E-state index contributed by atoms with van der Waals surface area (Å²) in [7, 11) is 0. The number of hydrogen-bond acceptors (Lipinski definition) is 4. The van der Waals surface area contributed by atoms with Gasteiger partial charge >= 0.3 is 6.03 Å². The molecule has 0 fully saturated rings. The molecule has 1 heterocycles. The van der Waals surface area contributed by atoms with Gasteiger partial charge in [0.1, 0.15) is 5.82 Å². The van der Waals surface area contributed by atoms with Crippen molar-refractivity contribution in [2.75, 3.05) is 10.2 Å². The van der Waals surface area contributed by atoms with E-state index in [0.717, 1.165) is 28.0 Å².